The monoisotopic (exact) mass is 316 g/mol. The Morgan fingerprint density at radius 2 is 2.17 bits per heavy atom. The molecule has 0 bridgehead atoms. The Morgan fingerprint density at radius 1 is 1.50 bits per heavy atom. The van der Waals surface area contributed by atoms with Crippen molar-refractivity contribution in [1.29, 1.82) is 0 Å². The van der Waals surface area contributed by atoms with Gasteiger partial charge < -0.3 is 4.74 Å². The summed E-state index contributed by atoms with van der Waals surface area (Å²) in [6.45, 7) is 0. The topological polar surface area (TPSA) is 9.23 Å². The number of ether oxygens (including phenoxy) is 1. The lowest BCUT2D eigenvalue weighted by atomic mass is 10.2. The highest BCUT2D eigenvalue weighted by Crippen LogP contribution is 2.28. The predicted molar refractivity (Wildman–Crippen MR) is 60.3 cm³/mol. The lowest BCUT2D eigenvalue weighted by Gasteiger charge is -2.06. The Kier molecular flexibility index (Phi) is 3.93. The smallest absolute Gasteiger partial charge is 0.133 e. The first-order valence-corrected chi connectivity index (χ1v) is 5.26. The van der Waals surface area contributed by atoms with E-state index in [-0.39, 0.29) is 0 Å². The Morgan fingerprint density at radius 3 is 2.67 bits per heavy atom. The summed E-state index contributed by atoms with van der Waals surface area (Å²) < 4.78 is 6.11. The molecule has 1 rings (SSSR count). The molecule has 12 heavy (non-hydrogen) atoms. The highest BCUT2D eigenvalue weighted by molar-refractivity contribution is 14.1. The van der Waals surface area contributed by atoms with Gasteiger partial charge in [-0.25, -0.2) is 0 Å². The van der Waals surface area contributed by atoms with Crippen LogP contribution in [0, 0.1) is 3.57 Å². The lowest BCUT2D eigenvalue weighted by molar-refractivity contribution is 0.411. The number of hydrogen-bond donors (Lipinski definition) is 0. The summed E-state index contributed by atoms with van der Waals surface area (Å²) in [6.07, 6.45) is 0. The van der Waals surface area contributed by atoms with Crippen molar-refractivity contribution in [3.05, 3.63) is 26.3 Å². The summed E-state index contributed by atoms with van der Waals surface area (Å²) in [5.74, 6) is 1.22. The molecule has 0 aromatic heterocycles. The van der Waals surface area contributed by atoms with Crippen molar-refractivity contribution in [3.8, 4) is 5.75 Å². The van der Waals surface area contributed by atoms with Crippen LogP contribution in [-0.2, 0) is 5.88 Å². The van der Waals surface area contributed by atoms with Crippen LogP contribution in [0.4, 0.5) is 0 Å². The van der Waals surface area contributed by atoms with Gasteiger partial charge >= 0.3 is 0 Å². The van der Waals surface area contributed by atoms with Crippen molar-refractivity contribution in [2.45, 2.75) is 5.88 Å². The summed E-state index contributed by atoms with van der Waals surface area (Å²) in [6, 6.07) is 3.70. The van der Waals surface area contributed by atoms with E-state index in [4.69, 9.17) is 27.9 Å². The van der Waals surface area contributed by atoms with Crippen molar-refractivity contribution < 1.29 is 4.74 Å². The fourth-order valence-electron chi connectivity index (χ4n) is 0.829. The van der Waals surface area contributed by atoms with Crippen LogP contribution in [-0.4, -0.2) is 7.11 Å². The van der Waals surface area contributed by atoms with Crippen LogP contribution >= 0.6 is 45.8 Å². The maximum Gasteiger partial charge on any atom is 0.133 e. The molecular weight excluding hydrogens is 310 g/mol. The average molecular weight is 317 g/mol. The highest BCUT2D eigenvalue weighted by Gasteiger charge is 2.05. The lowest BCUT2D eigenvalue weighted by Crippen LogP contribution is -1.89. The fourth-order valence-corrected chi connectivity index (χ4v) is 2.09. The standard InChI is InChI=1S/C8H7Cl2IO/c1-12-8-3-6(10)5(4-9)2-7(8)11/h2-3H,4H2,1H3. The molecule has 0 atom stereocenters. The molecule has 66 valence electrons. The SMILES string of the molecule is COc1cc(Cl)c(CCl)cc1I. The third-order valence-electron chi connectivity index (χ3n) is 1.46. The van der Waals surface area contributed by atoms with Gasteiger partial charge in [-0.3, -0.25) is 0 Å². The molecule has 0 aliphatic rings. The van der Waals surface area contributed by atoms with E-state index in [2.05, 4.69) is 22.6 Å². The van der Waals surface area contributed by atoms with Gasteiger partial charge in [0.1, 0.15) is 5.75 Å². The van der Waals surface area contributed by atoms with Crippen LogP contribution in [0.5, 0.6) is 5.75 Å². The second-order valence-corrected chi connectivity index (χ2v) is 4.05. The number of halogens is 3. The number of alkyl halides is 1. The molecule has 0 aliphatic carbocycles. The minimum Gasteiger partial charge on any atom is -0.496 e. The number of methoxy groups -OCH3 is 1. The first kappa shape index (κ1) is 10.4. The summed E-state index contributed by atoms with van der Waals surface area (Å²) in [5, 5.41) is 0.655. The van der Waals surface area contributed by atoms with Gasteiger partial charge in [0.05, 0.1) is 10.7 Å². The van der Waals surface area contributed by atoms with Crippen LogP contribution < -0.4 is 4.74 Å². The van der Waals surface area contributed by atoms with Crippen molar-refractivity contribution in [1.82, 2.24) is 0 Å². The highest BCUT2D eigenvalue weighted by atomic mass is 127. The van der Waals surface area contributed by atoms with Gasteiger partial charge in [-0.1, -0.05) is 11.6 Å². The largest absolute Gasteiger partial charge is 0.496 e. The molecule has 1 nitrogen and oxygen atoms in total. The van der Waals surface area contributed by atoms with Crippen molar-refractivity contribution in [3.63, 3.8) is 0 Å². The molecule has 0 unspecified atom stereocenters. The molecule has 1 aromatic carbocycles. The van der Waals surface area contributed by atoms with Gasteiger partial charge in [-0.05, 0) is 34.2 Å². The van der Waals surface area contributed by atoms with Crippen molar-refractivity contribution in [2.24, 2.45) is 0 Å². The first-order chi connectivity index (χ1) is 5.69. The summed E-state index contributed by atoms with van der Waals surface area (Å²) in [7, 11) is 1.62. The molecule has 4 heteroatoms. The quantitative estimate of drug-likeness (QED) is 0.597. The molecule has 0 amide bonds. The number of rotatable bonds is 2. The van der Waals surface area contributed by atoms with E-state index in [1.165, 1.54) is 0 Å². The zero-order valence-electron chi connectivity index (χ0n) is 6.40. The first-order valence-electron chi connectivity index (χ1n) is 3.27. The van der Waals surface area contributed by atoms with E-state index < -0.39 is 0 Å². The third kappa shape index (κ3) is 2.18. The predicted octanol–water partition coefficient (Wildman–Crippen LogP) is 3.69. The number of benzene rings is 1. The normalized spacial score (nSPS) is 10.0. The minimum absolute atomic E-state index is 0.429. The molecule has 0 fully saturated rings. The van der Waals surface area contributed by atoms with Gasteiger partial charge in [0, 0.05) is 17.0 Å². The van der Waals surface area contributed by atoms with Crippen LogP contribution in [0.1, 0.15) is 5.56 Å². The van der Waals surface area contributed by atoms with Crippen molar-refractivity contribution >= 4 is 45.8 Å². The van der Waals surface area contributed by atoms with Crippen molar-refractivity contribution in [2.75, 3.05) is 7.11 Å². The van der Waals surface area contributed by atoms with Gasteiger partial charge in [-0.15, -0.1) is 11.6 Å². The van der Waals surface area contributed by atoms with E-state index in [9.17, 15) is 0 Å². The molecule has 1 aromatic rings. The van der Waals surface area contributed by atoms with Gasteiger partial charge in [0.15, 0.2) is 0 Å². The zero-order chi connectivity index (χ0) is 9.14. The minimum atomic E-state index is 0.429. The molecule has 0 N–H and O–H groups in total. The van der Waals surface area contributed by atoms with E-state index in [1.807, 2.05) is 6.07 Å². The summed E-state index contributed by atoms with van der Waals surface area (Å²) in [4.78, 5) is 0. The number of hydrogen-bond acceptors (Lipinski definition) is 1. The molecule has 0 saturated carbocycles. The van der Waals surface area contributed by atoms with E-state index >= 15 is 0 Å². The second kappa shape index (κ2) is 4.53. The molecule has 0 spiro atoms. The van der Waals surface area contributed by atoms with Gasteiger partial charge in [-0.2, -0.15) is 0 Å². The Bertz CT molecular complexity index is 259. The molecule has 0 aliphatic heterocycles. The van der Waals surface area contributed by atoms with Gasteiger partial charge in [0.25, 0.3) is 0 Å². The molecular formula is C8H7Cl2IO. The Balaban J connectivity index is 3.16. The molecule has 0 saturated heterocycles. The van der Waals surface area contributed by atoms with Crippen LogP contribution in [0.3, 0.4) is 0 Å². The maximum absolute atomic E-state index is 5.91. The summed E-state index contributed by atoms with van der Waals surface area (Å²) in [5.41, 5.74) is 0.934. The zero-order valence-corrected chi connectivity index (χ0v) is 10.1. The van der Waals surface area contributed by atoms with Crippen LogP contribution in [0.25, 0.3) is 0 Å². The Labute approximate surface area is 95.1 Å². The Hall–Kier alpha value is 0.330. The van der Waals surface area contributed by atoms with Crippen LogP contribution in [0.2, 0.25) is 5.02 Å². The summed E-state index contributed by atoms with van der Waals surface area (Å²) >= 11 is 13.8. The maximum atomic E-state index is 5.91. The van der Waals surface area contributed by atoms with Crippen LogP contribution in [0.15, 0.2) is 12.1 Å². The third-order valence-corrected chi connectivity index (χ3v) is 2.95. The fraction of sp³-hybridized carbons (Fsp3) is 0.250. The van der Waals surface area contributed by atoms with E-state index in [0.29, 0.717) is 10.9 Å². The molecule has 0 heterocycles. The van der Waals surface area contributed by atoms with E-state index in [1.54, 1.807) is 13.2 Å². The van der Waals surface area contributed by atoms with E-state index in [0.717, 1.165) is 14.9 Å². The average Bonchev–Trinajstić information content (AvgIpc) is 2.08. The molecule has 0 radical (unpaired) electrons. The second-order valence-electron chi connectivity index (χ2n) is 2.21. The van der Waals surface area contributed by atoms with Gasteiger partial charge in [0.2, 0.25) is 0 Å².